The molecule has 0 amide bonds. The molecule has 0 aliphatic carbocycles. The highest BCUT2D eigenvalue weighted by Crippen LogP contribution is 2.32. The molecule has 7 nitrogen and oxygen atoms in total. The minimum atomic E-state index is -1.21. The van der Waals surface area contributed by atoms with Gasteiger partial charge in [-0.1, -0.05) is 60.2 Å². The quantitative estimate of drug-likeness (QED) is 0.218. The number of hydrogen-bond acceptors (Lipinski definition) is 5. The molecule has 0 heterocycles. The van der Waals surface area contributed by atoms with E-state index in [1.807, 2.05) is 49.4 Å². The number of aryl methyl sites for hydroxylation is 1. The molecule has 0 radical (unpaired) electrons. The largest absolute Gasteiger partial charge is 0.507 e. The SMILES string of the molecule is Cc1cc(Cc2ccc(O)c(C(=O)O)c2)c(OCCc2ccccc2)c(Cc2ccc(O)c(C(=O)O)c2)c1. The fraction of sp³-hybridized carbons (Fsp3) is 0.161. The van der Waals surface area contributed by atoms with Crippen LogP contribution in [0.3, 0.4) is 0 Å². The van der Waals surface area contributed by atoms with Crippen LogP contribution in [0.4, 0.5) is 0 Å². The van der Waals surface area contributed by atoms with Gasteiger partial charge in [-0.25, -0.2) is 9.59 Å². The van der Waals surface area contributed by atoms with Crippen molar-refractivity contribution in [1.82, 2.24) is 0 Å². The number of carbonyl (C=O) groups is 2. The number of hydrogen-bond donors (Lipinski definition) is 4. The molecule has 4 rings (SSSR count). The van der Waals surface area contributed by atoms with Crippen molar-refractivity contribution < 1.29 is 34.8 Å². The molecule has 0 saturated carbocycles. The van der Waals surface area contributed by atoms with Gasteiger partial charge in [-0.15, -0.1) is 0 Å². The number of aromatic carboxylic acids is 2. The fourth-order valence-corrected chi connectivity index (χ4v) is 4.46. The highest BCUT2D eigenvalue weighted by molar-refractivity contribution is 5.91. The van der Waals surface area contributed by atoms with Crippen LogP contribution in [0.25, 0.3) is 0 Å². The maximum atomic E-state index is 11.5. The van der Waals surface area contributed by atoms with E-state index in [4.69, 9.17) is 4.74 Å². The maximum Gasteiger partial charge on any atom is 0.339 e. The molecule has 0 atom stereocenters. The summed E-state index contributed by atoms with van der Waals surface area (Å²) in [6.07, 6.45) is 1.41. The second-order valence-electron chi connectivity index (χ2n) is 9.16. The number of carboxylic acids is 2. The molecular formula is C31H28O7. The molecular weight excluding hydrogens is 484 g/mol. The fourth-order valence-electron chi connectivity index (χ4n) is 4.46. The third-order valence-corrected chi connectivity index (χ3v) is 6.24. The van der Waals surface area contributed by atoms with Crippen molar-refractivity contribution in [2.75, 3.05) is 6.61 Å². The van der Waals surface area contributed by atoms with E-state index in [2.05, 4.69) is 0 Å². The summed E-state index contributed by atoms with van der Waals surface area (Å²) in [5, 5.41) is 38.7. The van der Waals surface area contributed by atoms with Crippen LogP contribution >= 0.6 is 0 Å². The van der Waals surface area contributed by atoms with E-state index in [9.17, 15) is 30.0 Å². The summed E-state index contributed by atoms with van der Waals surface area (Å²) in [6.45, 7) is 2.35. The average molecular weight is 513 g/mol. The first-order valence-electron chi connectivity index (χ1n) is 12.1. The van der Waals surface area contributed by atoms with E-state index >= 15 is 0 Å². The minimum Gasteiger partial charge on any atom is -0.507 e. The summed E-state index contributed by atoms with van der Waals surface area (Å²) in [6, 6.07) is 22.9. The number of phenols is 2. The first-order valence-corrected chi connectivity index (χ1v) is 12.1. The zero-order chi connectivity index (χ0) is 27.2. The van der Waals surface area contributed by atoms with Crippen LogP contribution < -0.4 is 4.74 Å². The van der Waals surface area contributed by atoms with Crippen LogP contribution in [0.2, 0.25) is 0 Å². The van der Waals surface area contributed by atoms with Crippen LogP contribution in [-0.2, 0) is 19.3 Å². The van der Waals surface area contributed by atoms with Crippen LogP contribution in [0, 0.1) is 6.92 Å². The third kappa shape index (κ3) is 6.31. The van der Waals surface area contributed by atoms with Gasteiger partial charge in [0.05, 0.1) is 6.61 Å². The lowest BCUT2D eigenvalue weighted by atomic mass is 9.94. The molecule has 38 heavy (non-hydrogen) atoms. The minimum absolute atomic E-state index is 0.174. The Labute approximate surface area is 220 Å². The van der Waals surface area contributed by atoms with E-state index in [1.54, 1.807) is 12.1 Å². The smallest absolute Gasteiger partial charge is 0.339 e. The van der Waals surface area contributed by atoms with E-state index in [0.717, 1.165) is 22.3 Å². The number of aromatic hydroxyl groups is 2. The predicted octanol–water partition coefficient (Wildman–Crippen LogP) is 5.61. The van der Waals surface area contributed by atoms with E-state index in [0.29, 0.717) is 42.7 Å². The molecule has 0 fully saturated rings. The molecule has 4 aromatic carbocycles. The molecule has 194 valence electrons. The molecule has 0 aliphatic rings. The zero-order valence-corrected chi connectivity index (χ0v) is 20.8. The number of ether oxygens (including phenoxy) is 1. The Hall–Kier alpha value is -4.78. The summed E-state index contributed by atoms with van der Waals surface area (Å²) in [7, 11) is 0. The Morgan fingerprint density at radius 2 is 1.18 bits per heavy atom. The van der Waals surface area contributed by atoms with Gasteiger partial charge < -0.3 is 25.2 Å². The van der Waals surface area contributed by atoms with Crippen LogP contribution in [0.1, 0.15) is 54.1 Å². The van der Waals surface area contributed by atoms with Crippen molar-refractivity contribution in [2.24, 2.45) is 0 Å². The zero-order valence-electron chi connectivity index (χ0n) is 20.8. The van der Waals surface area contributed by atoms with Gasteiger partial charge in [0.1, 0.15) is 28.4 Å². The molecule has 0 aromatic heterocycles. The lowest BCUT2D eigenvalue weighted by molar-refractivity contribution is 0.0682. The summed E-state index contributed by atoms with van der Waals surface area (Å²) < 4.78 is 6.34. The van der Waals surface area contributed by atoms with Crippen LogP contribution in [-0.4, -0.2) is 39.0 Å². The van der Waals surface area contributed by atoms with Crippen molar-refractivity contribution in [3.05, 3.63) is 123 Å². The van der Waals surface area contributed by atoms with Gasteiger partial charge >= 0.3 is 11.9 Å². The lowest BCUT2D eigenvalue weighted by Gasteiger charge is -2.18. The second kappa shape index (κ2) is 11.5. The Kier molecular flexibility index (Phi) is 7.97. The number of rotatable bonds is 10. The Bertz CT molecular complexity index is 1390. The molecule has 0 unspecified atom stereocenters. The Morgan fingerprint density at radius 3 is 1.66 bits per heavy atom. The van der Waals surface area contributed by atoms with E-state index in [-0.39, 0.29) is 22.6 Å². The van der Waals surface area contributed by atoms with Crippen molar-refractivity contribution in [2.45, 2.75) is 26.2 Å². The van der Waals surface area contributed by atoms with Gasteiger partial charge in [0.15, 0.2) is 0 Å². The Balaban J connectivity index is 1.71. The number of benzene rings is 4. The standard InChI is InChI=1S/C31H28O7/c1-19-13-23(15-21-7-9-27(32)25(17-21)30(34)35)29(38-12-11-20-5-3-2-4-6-20)24(14-19)16-22-8-10-28(33)26(18-22)31(36)37/h2-10,13-14,17-18,32-33H,11-12,15-16H2,1H3,(H,34,35)(H,36,37). The maximum absolute atomic E-state index is 11.5. The average Bonchev–Trinajstić information content (AvgIpc) is 2.88. The van der Waals surface area contributed by atoms with Crippen molar-refractivity contribution >= 4 is 11.9 Å². The van der Waals surface area contributed by atoms with Crippen molar-refractivity contribution in [1.29, 1.82) is 0 Å². The lowest BCUT2D eigenvalue weighted by Crippen LogP contribution is -2.08. The third-order valence-electron chi connectivity index (χ3n) is 6.24. The number of carboxylic acid groups (broad SMARTS) is 2. The molecule has 4 aromatic rings. The van der Waals surface area contributed by atoms with E-state index in [1.165, 1.54) is 24.3 Å². The van der Waals surface area contributed by atoms with Gasteiger partial charge in [0.2, 0.25) is 0 Å². The first kappa shape index (κ1) is 26.3. The molecule has 4 N–H and O–H groups in total. The summed E-state index contributed by atoms with van der Waals surface area (Å²) in [4.78, 5) is 23.1. The van der Waals surface area contributed by atoms with Gasteiger partial charge in [-0.05, 0) is 59.0 Å². The summed E-state index contributed by atoms with van der Waals surface area (Å²) in [5.41, 5.74) is 4.81. The van der Waals surface area contributed by atoms with Gasteiger partial charge in [0, 0.05) is 19.3 Å². The van der Waals surface area contributed by atoms with Crippen LogP contribution in [0.5, 0.6) is 17.2 Å². The molecule has 0 bridgehead atoms. The van der Waals surface area contributed by atoms with Gasteiger partial charge in [-0.3, -0.25) is 0 Å². The van der Waals surface area contributed by atoms with Crippen molar-refractivity contribution in [3.8, 4) is 17.2 Å². The topological polar surface area (TPSA) is 124 Å². The highest BCUT2D eigenvalue weighted by atomic mass is 16.5. The van der Waals surface area contributed by atoms with Gasteiger partial charge in [-0.2, -0.15) is 0 Å². The molecule has 0 spiro atoms. The van der Waals surface area contributed by atoms with E-state index < -0.39 is 11.9 Å². The predicted molar refractivity (Wildman–Crippen MR) is 143 cm³/mol. The molecule has 0 aliphatic heterocycles. The Morgan fingerprint density at radius 1 is 0.684 bits per heavy atom. The first-order chi connectivity index (χ1) is 18.2. The molecule has 7 heteroatoms. The van der Waals surface area contributed by atoms with Gasteiger partial charge in [0.25, 0.3) is 0 Å². The summed E-state index contributed by atoms with van der Waals surface area (Å²) in [5.74, 6) is -2.38. The molecule has 0 saturated heterocycles. The monoisotopic (exact) mass is 512 g/mol. The summed E-state index contributed by atoms with van der Waals surface area (Å²) >= 11 is 0. The second-order valence-corrected chi connectivity index (χ2v) is 9.16. The van der Waals surface area contributed by atoms with Crippen molar-refractivity contribution in [3.63, 3.8) is 0 Å². The van der Waals surface area contributed by atoms with Crippen LogP contribution in [0.15, 0.2) is 78.9 Å². The normalized spacial score (nSPS) is 10.8. The highest BCUT2D eigenvalue weighted by Gasteiger charge is 2.17.